The van der Waals surface area contributed by atoms with E-state index in [1.54, 1.807) is 22.9 Å². The van der Waals surface area contributed by atoms with E-state index < -0.39 is 33.2 Å². The highest BCUT2D eigenvalue weighted by Crippen LogP contribution is 2.67. The summed E-state index contributed by atoms with van der Waals surface area (Å²) in [7, 11) is -3.49. The molecule has 1 saturated heterocycles. The van der Waals surface area contributed by atoms with E-state index in [9.17, 15) is 18.0 Å². The number of esters is 1. The highest BCUT2D eigenvalue weighted by molar-refractivity contribution is 7.89. The van der Waals surface area contributed by atoms with E-state index in [2.05, 4.69) is 19.2 Å². The molecule has 8 nitrogen and oxygen atoms in total. The van der Waals surface area contributed by atoms with E-state index in [-0.39, 0.29) is 11.2 Å². The Kier molecular flexibility index (Phi) is 5.38. The number of aromatic nitrogens is 1. The van der Waals surface area contributed by atoms with Crippen molar-refractivity contribution in [1.82, 2.24) is 14.2 Å². The second-order valence-corrected chi connectivity index (χ2v) is 11.7. The third-order valence-corrected chi connectivity index (χ3v) is 10.5. The molecule has 172 valence electrons. The van der Waals surface area contributed by atoms with Crippen molar-refractivity contribution in [2.24, 2.45) is 16.7 Å². The SMILES string of the molecule is CCN(CC)S(=O)(=O)C[C@]12CC[C@H](C[C@H]1OC(=O)[C@@]1(n3cccc3C=O)CN1)C2(C)C. The molecule has 4 rings (SSSR count). The molecule has 1 aliphatic heterocycles. The molecule has 1 N–H and O–H groups in total. The Hall–Kier alpha value is -1.71. The summed E-state index contributed by atoms with van der Waals surface area (Å²) in [4.78, 5) is 24.7. The van der Waals surface area contributed by atoms with Gasteiger partial charge in [-0.15, -0.1) is 0 Å². The van der Waals surface area contributed by atoms with Crippen molar-refractivity contribution in [3.05, 3.63) is 24.0 Å². The largest absolute Gasteiger partial charge is 0.459 e. The number of ether oxygens (including phenoxy) is 1. The van der Waals surface area contributed by atoms with Crippen molar-refractivity contribution in [3.63, 3.8) is 0 Å². The average Bonchev–Trinajstić information content (AvgIpc) is 3.26. The fourth-order valence-electron chi connectivity index (χ4n) is 6.10. The van der Waals surface area contributed by atoms with Crippen LogP contribution in [0.1, 0.15) is 57.4 Å². The van der Waals surface area contributed by atoms with Crippen molar-refractivity contribution in [2.75, 3.05) is 25.4 Å². The smallest absolute Gasteiger partial charge is 0.349 e. The lowest BCUT2D eigenvalue weighted by Gasteiger charge is -2.42. The molecule has 2 bridgehead atoms. The molecule has 1 aromatic heterocycles. The highest BCUT2D eigenvalue weighted by Gasteiger charge is 2.68. The topological polar surface area (TPSA) is 108 Å². The van der Waals surface area contributed by atoms with Crippen LogP contribution in [0.25, 0.3) is 0 Å². The zero-order chi connectivity index (χ0) is 22.7. The first-order chi connectivity index (χ1) is 14.6. The molecule has 9 heteroatoms. The van der Waals surface area contributed by atoms with Gasteiger partial charge in [0.15, 0.2) is 6.29 Å². The molecule has 2 heterocycles. The third kappa shape index (κ3) is 3.19. The summed E-state index contributed by atoms with van der Waals surface area (Å²) in [6, 6.07) is 3.37. The molecule has 3 fully saturated rings. The molecular weight excluding hydrogens is 418 g/mol. The summed E-state index contributed by atoms with van der Waals surface area (Å²) < 4.78 is 35.7. The molecule has 2 aliphatic carbocycles. The molecule has 31 heavy (non-hydrogen) atoms. The van der Waals surface area contributed by atoms with Crippen LogP contribution in [0.4, 0.5) is 0 Å². The van der Waals surface area contributed by atoms with Gasteiger partial charge in [-0.3, -0.25) is 10.1 Å². The molecule has 0 amide bonds. The third-order valence-electron chi connectivity index (χ3n) is 8.31. The Morgan fingerprint density at radius 2 is 2.03 bits per heavy atom. The Balaban J connectivity index is 1.63. The number of nitrogens with zero attached hydrogens (tertiary/aromatic N) is 2. The molecule has 2 saturated carbocycles. The first-order valence-corrected chi connectivity index (χ1v) is 12.8. The summed E-state index contributed by atoms with van der Waals surface area (Å²) in [5.74, 6) is -0.135. The summed E-state index contributed by atoms with van der Waals surface area (Å²) in [6.07, 6.45) is 4.30. The minimum absolute atomic E-state index is 0.00728. The minimum atomic E-state index is -3.49. The van der Waals surface area contributed by atoms with Gasteiger partial charge in [0.1, 0.15) is 6.10 Å². The molecule has 1 aromatic rings. The van der Waals surface area contributed by atoms with E-state index in [4.69, 9.17) is 4.74 Å². The number of nitrogens with one attached hydrogen (secondary N) is 1. The lowest BCUT2D eigenvalue weighted by molar-refractivity contribution is -0.162. The second kappa shape index (κ2) is 7.42. The van der Waals surface area contributed by atoms with Gasteiger partial charge < -0.3 is 9.30 Å². The number of sulfonamides is 1. The van der Waals surface area contributed by atoms with E-state index in [1.807, 2.05) is 13.8 Å². The fraction of sp³-hybridized carbons (Fsp3) is 0.727. The van der Waals surface area contributed by atoms with Crippen molar-refractivity contribution in [1.29, 1.82) is 0 Å². The van der Waals surface area contributed by atoms with Gasteiger partial charge in [0.25, 0.3) is 0 Å². The van der Waals surface area contributed by atoms with Crippen molar-refractivity contribution < 1.29 is 22.7 Å². The predicted octanol–water partition coefficient (Wildman–Crippen LogP) is 1.97. The molecule has 0 aromatic carbocycles. The number of aldehydes is 1. The Labute approximate surface area is 184 Å². The zero-order valence-corrected chi connectivity index (χ0v) is 19.6. The van der Waals surface area contributed by atoms with Crippen LogP contribution in [0.15, 0.2) is 18.3 Å². The predicted molar refractivity (Wildman–Crippen MR) is 116 cm³/mol. The highest BCUT2D eigenvalue weighted by atomic mass is 32.2. The van der Waals surface area contributed by atoms with Gasteiger partial charge in [-0.25, -0.2) is 17.5 Å². The number of carbonyl (C=O) groups is 2. The van der Waals surface area contributed by atoms with Crippen molar-refractivity contribution in [2.45, 2.75) is 58.7 Å². The number of fused-ring (bicyclic) bond motifs is 2. The van der Waals surface area contributed by atoms with Crippen LogP contribution < -0.4 is 5.32 Å². The van der Waals surface area contributed by atoms with Crippen LogP contribution >= 0.6 is 0 Å². The van der Waals surface area contributed by atoms with E-state index in [0.29, 0.717) is 44.0 Å². The Morgan fingerprint density at radius 3 is 2.58 bits per heavy atom. The maximum atomic E-state index is 13.3. The van der Waals surface area contributed by atoms with Crippen LogP contribution in [0.2, 0.25) is 0 Å². The summed E-state index contributed by atoms with van der Waals surface area (Å²) in [5.41, 5.74) is -1.54. The second-order valence-electron chi connectivity index (χ2n) is 9.72. The van der Waals surface area contributed by atoms with Crippen LogP contribution in [0.5, 0.6) is 0 Å². The number of hydrogen-bond donors (Lipinski definition) is 1. The fourth-order valence-corrected chi connectivity index (χ4v) is 8.42. The van der Waals surface area contributed by atoms with Crippen LogP contribution in [-0.2, 0) is 25.2 Å². The van der Waals surface area contributed by atoms with Crippen molar-refractivity contribution >= 4 is 22.3 Å². The molecule has 0 radical (unpaired) electrons. The first-order valence-electron chi connectivity index (χ1n) is 11.1. The maximum Gasteiger partial charge on any atom is 0.349 e. The normalized spacial score (nSPS) is 33.6. The summed E-state index contributed by atoms with van der Waals surface area (Å²) >= 11 is 0. The number of hydrogen-bond acceptors (Lipinski definition) is 6. The summed E-state index contributed by atoms with van der Waals surface area (Å²) in [5, 5.41) is 3.06. The monoisotopic (exact) mass is 451 g/mol. The molecule has 0 spiro atoms. The molecule has 3 aliphatic rings. The van der Waals surface area contributed by atoms with Gasteiger partial charge in [0.2, 0.25) is 15.7 Å². The van der Waals surface area contributed by atoms with Gasteiger partial charge in [-0.05, 0) is 42.7 Å². The average molecular weight is 452 g/mol. The molecule has 0 unspecified atom stereocenters. The van der Waals surface area contributed by atoms with E-state index >= 15 is 0 Å². The van der Waals surface area contributed by atoms with Gasteiger partial charge in [-0.2, -0.15) is 0 Å². The van der Waals surface area contributed by atoms with E-state index in [1.165, 1.54) is 4.31 Å². The first kappa shape index (κ1) is 22.5. The number of carbonyl (C=O) groups excluding carboxylic acids is 2. The molecular formula is C22H33N3O5S. The standard InChI is InChI=1S/C22H33N3O5S/c1-5-24(6-2)31(28,29)15-21-10-9-16(20(21,3)4)12-18(21)30-19(27)22(14-23-22)25-11-7-8-17(25)13-26/h7-8,11,13,16,18,23H,5-6,9-10,12,14-15H2,1-4H3/t16-,18-,21-,22+/m1/s1. The van der Waals surface area contributed by atoms with Crippen LogP contribution in [0.3, 0.4) is 0 Å². The lowest BCUT2D eigenvalue weighted by Crippen LogP contribution is -2.50. The Bertz CT molecular complexity index is 977. The van der Waals surface area contributed by atoms with Gasteiger partial charge in [0.05, 0.1) is 11.4 Å². The van der Waals surface area contributed by atoms with Gasteiger partial charge in [-0.1, -0.05) is 27.7 Å². The van der Waals surface area contributed by atoms with Crippen LogP contribution in [-0.4, -0.2) is 61.0 Å². The minimum Gasteiger partial charge on any atom is -0.459 e. The summed E-state index contributed by atoms with van der Waals surface area (Å²) in [6.45, 7) is 9.17. The Morgan fingerprint density at radius 1 is 1.35 bits per heavy atom. The van der Waals surface area contributed by atoms with E-state index in [0.717, 1.165) is 12.8 Å². The van der Waals surface area contributed by atoms with Gasteiger partial charge >= 0.3 is 5.97 Å². The van der Waals surface area contributed by atoms with Crippen molar-refractivity contribution in [3.8, 4) is 0 Å². The number of rotatable bonds is 9. The maximum absolute atomic E-state index is 13.3. The molecule has 4 atom stereocenters. The lowest BCUT2D eigenvalue weighted by atomic mass is 9.69. The zero-order valence-electron chi connectivity index (χ0n) is 18.8. The quantitative estimate of drug-likeness (QED) is 0.349. The van der Waals surface area contributed by atoms with Gasteiger partial charge in [0, 0.05) is 31.2 Å². The van der Waals surface area contributed by atoms with Crippen LogP contribution in [0, 0.1) is 16.7 Å².